The van der Waals surface area contributed by atoms with Crippen molar-refractivity contribution in [3.8, 4) is 0 Å². The molecule has 0 radical (unpaired) electrons. The second-order valence-corrected chi connectivity index (χ2v) is 10.4. The van der Waals surface area contributed by atoms with Gasteiger partial charge in [0.15, 0.2) is 0 Å². The van der Waals surface area contributed by atoms with Crippen molar-refractivity contribution >= 4 is 17.5 Å². The van der Waals surface area contributed by atoms with Crippen LogP contribution < -0.4 is 10.6 Å². The van der Waals surface area contributed by atoms with Gasteiger partial charge in [-0.1, -0.05) is 18.9 Å². The van der Waals surface area contributed by atoms with Crippen LogP contribution in [0.4, 0.5) is 36.4 Å². The molecule has 0 bridgehead atoms. The molecule has 1 aliphatic heterocycles. The van der Waals surface area contributed by atoms with Crippen molar-refractivity contribution in [2.24, 2.45) is 11.3 Å². The monoisotopic (exact) mass is 559 g/mol. The molecule has 1 heterocycles. The van der Waals surface area contributed by atoms with Gasteiger partial charge in [0.05, 0.1) is 22.2 Å². The Balaban J connectivity index is 1.72. The molecular weight excluding hydrogens is 531 g/mol. The topological polar surface area (TPSA) is 61.4 Å². The van der Waals surface area contributed by atoms with Crippen LogP contribution in [0.5, 0.6) is 0 Å². The number of hydrogen-bond donors (Lipinski definition) is 2. The van der Waals surface area contributed by atoms with E-state index in [0.29, 0.717) is 44.0 Å². The molecule has 2 amide bonds. The number of amides is 2. The summed E-state index contributed by atoms with van der Waals surface area (Å²) in [4.78, 5) is 26.5. The van der Waals surface area contributed by atoms with Gasteiger partial charge in [0.25, 0.3) is 0 Å². The normalized spacial score (nSPS) is 19.7. The fraction of sp³-hybridized carbons (Fsp3) is 0.481. The Morgan fingerprint density at radius 1 is 0.974 bits per heavy atom. The van der Waals surface area contributed by atoms with Crippen LogP contribution in [0.1, 0.15) is 54.9 Å². The third kappa shape index (κ3) is 7.09. The first-order valence-corrected chi connectivity index (χ1v) is 12.5. The van der Waals surface area contributed by atoms with Crippen molar-refractivity contribution in [2.75, 3.05) is 18.4 Å². The lowest BCUT2D eigenvalue weighted by Crippen LogP contribution is -2.45. The van der Waals surface area contributed by atoms with Crippen LogP contribution in [-0.2, 0) is 35.0 Å². The number of carbonyl (C=O) groups is 2. The van der Waals surface area contributed by atoms with Crippen LogP contribution in [0, 0.1) is 17.2 Å². The van der Waals surface area contributed by atoms with Gasteiger partial charge in [-0.3, -0.25) is 9.59 Å². The molecule has 4 rings (SSSR count). The molecule has 0 aromatic heterocycles. The predicted molar refractivity (Wildman–Crippen MR) is 129 cm³/mol. The third-order valence-corrected chi connectivity index (χ3v) is 7.10. The Morgan fingerprint density at radius 2 is 1.59 bits per heavy atom. The molecule has 2 fully saturated rings. The fourth-order valence-electron chi connectivity index (χ4n) is 5.10. The predicted octanol–water partition coefficient (Wildman–Crippen LogP) is 6.13. The van der Waals surface area contributed by atoms with Crippen LogP contribution in [0.15, 0.2) is 36.4 Å². The Labute approximate surface area is 220 Å². The molecule has 1 unspecified atom stereocenters. The number of nitrogens with zero attached hydrogens (tertiary/aromatic N) is 1. The number of carbonyl (C=O) groups excluding carboxylic acids is 2. The molecule has 1 atom stereocenters. The molecule has 2 aromatic rings. The SMILES string of the molecule is CC(=O)Nc1ccc(CN(Cc2cc(C(F)(F)F)cc(C(F)(F)F)c2)C(=O)C2(CC3CC3)CCNC2)cc1F. The van der Waals surface area contributed by atoms with Gasteiger partial charge in [0.2, 0.25) is 11.8 Å². The number of hydrogen-bond acceptors (Lipinski definition) is 3. The summed E-state index contributed by atoms with van der Waals surface area (Å²) < 4.78 is 95.5. The molecule has 39 heavy (non-hydrogen) atoms. The maximum Gasteiger partial charge on any atom is 0.416 e. The molecular formula is C27H28F7N3O2. The summed E-state index contributed by atoms with van der Waals surface area (Å²) in [7, 11) is 0. The average molecular weight is 560 g/mol. The molecule has 1 aliphatic carbocycles. The quantitative estimate of drug-likeness (QED) is 0.383. The number of anilines is 1. The number of benzene rings is 2. The Kier molecular flexibility index (Phi) is 7.98. The first-order valence-electron chi connectivity index (χ1n) is 12.5. The van der Waals surface area contributed by atoms with Crippen LogP contribution >= 0.6 is 0 Å². The summed E-state index contributed by atoms with van der Waals surface area (Å²) in [5, 5.41) is 5.48. The van der Waals surface area contributed by atoms with Crippen molar-refractivity contribution in [3.05, 3.63) is 64.5 Å². The molecule has 212 valence electrons. The Bertz CT molecular complexity index is 1200. The largest absolute Gasteiger partial charge is 0.416 e. The minimum atomic E-state index is -5.03. The Morgan fingerprint density at radius 3 is 2.08 bits per heavy atom. The van der Waals surface area contributed by atoms with Gasteiger partial charge in [-0.15, -0.1) is 0 Å². The smallest absolute Gasteiger partial charge is 0.334 e. The van der Waals surface area contributed by atoms with E-state index in [9.17, 15) is 40.3 Å². The lowest BCUT2D eigenvalue weighted by Gasteiger charge is -2.35. The molecule has 2 aromatic carbocycles. The highest BCUT2D eigenvalue weighted by molar-refractivity contribution is 5.88. The summed E-state index contributed by atoms with van der Waals surface area (Å²) in [6.45, 7) is 1.31. The van der Waals surface area contributed by atoms with Gasteiger partial charge < -0.3 is 15.5 Å². The average Bonchev–Trinajstić information content (AvgIpc) is 3.51. The third-order valence-electron chi connectivity index (χ3n) is 7.10. The van der Waals surface area contributed by atoms with Gasteiger partial charge in [-0.25, -0.2) is 4.39 Å². The molecule has 2 N–H and O–H groups in total. The van der Waals surface area contributed by atoms with E-state index in [1.165, 1.54) is 24.0 Å². The lowest BCUT2D eigenvalue weighted by atomic mass is 9.80. The molecule has 12 heteroatoms. The minimum Gasteiger partial charge on any atom is -0.334 e. The zero-order valence-corrected chi connectivity index (χ0v) is 21.1. The minimum absolute atomic E-state index is 0.0429. The first kappa shape index (κ1) is 28.8. The molecule has 1 saturated heterocycles. The molecule has 5 nitrogen and oxygen atoms in total. The zero-order chi connectivity index (χ0) is 28.6. The maximum atomic E-state index is 14.6. The summed E-state index contributed by atoms with van der Waals surface area (Å²) in [6.07, 6.45) is -7.13. The van der Waals surface area contributed by atoms with Gasteiger partial charge in [0, 0.05) is 26.6 Å². The molecule has 1 saturated carbocycles. The second-order valence-electron chi connectivity index (χ2n) is 10.4. The van der Waals surface area contributed by atoms with E-state index in [1.807, 2.05) is 0 Å². The van der Waals surface area contributed by atoms with E-state index >= 15 is 0 Å². The van der Waals surface area contributed by atoms with Crippen molar-refractivity contribution in [3.63, 3.8) is 0 Å². The Hall–Kier alpha value is -3.15. The van der Waals surface area contributed by atoms with E-state index in [0.717, 1.165) is 18.9 Å². The summed E-state index contributed by atoms with van der Waals surface area (Å²) in [5.74, 6) is -1.37. The zero-order valence-electron chi connectivity index (χ0n) is 21.1. The summed E-state index contributed by atoms with van der Waals surface area (Å²) in [5.41, 5.74) is -3.97. The van der Waals surface area contributed by atoms with E-state index in [1.54, 1.807) is 0 Å². The number of rotatable bonds is 8. The first-order chi connectivity index (χ1) is 18.2. The van der Waals surface area contributed by atoms with Gasteiger partial charge in [-0.05, 0) is 66.8 Å². The molecule has 0 spiro atoms. The highest BCUT2D eigenvalue weighted by Crippen LogP contribution is 2.45. The highest BCUT2D eigenvalue weighted by Gasteiger charge is 2.47. The van der Waals surface area contributed by atoms with Gasteiger partial charge in [0.1, 0.15) is 5.82 Å². The van der Waals surface area contributed by atoms with Crippen molar-refractivity contribution in [1.82, 2.24) is 10.2 Å². The number of halogens is 7. The van der Waals surface area contributed by atoms with Crippen LogP contribution in [0.25, 0.3) is 0 Å². The molecule has 2 aliphatic rings. The number of alkyl halides is 6. The van der Waals surface area contributed by atoms with Crippen molar-refractivity contribution in [2.45, 2.75) is 58.0 Å². The van der Waals surface area contributed by atoms with E-state index in [4.69, 9.17) is 0 Å². The van der Waals surface area contributed by atoms with Gasteiger partial charge >= 0.3 is 12.4 Å². The standard InChI is InChI=1S/C27H28F7N3O2/c1-16(38)36-23-5-4-18(10-22(23)28)13-37(24(39)25(6-7-35-15-25)12-17-2-3-17)14-19-8-20(26(29,30)31)11-21(9-19)27(32,33)34/h4-5,8-11,17,35H,2-3,6-7,12-15H2,1H3,(H,36,38). The summed E-state index contributed by atoms with van der Waals surface area (Å²) >= 11 is 0. The summed E-state index contributed by atoms with van der Waals surface area (Å²) in [6, 6.07) is 5.08. The van der Waals surface area contributed by atoms with E-state index in [2.05, 4.69) is 10.6 Å². The van der Waals surface area contributed by atoms with E-state index in [-0.39, 0.29) is 29.4 Å². The van der Waals surface area contributed by atoms with Crippen molar-refractivity contribution in [1.29, 1.82) is 0 Å². The van der Waals surface area contributed by atoms with Gasteiger partial charge in [-0.2, -0.15) is 26.3 Å². The second kappa shape index (κ2) is 10.8. The fourth-order valence-corrected chi connectivity index (χ4v) is 5.10. The lowest BCUT2D eigenvalue weighted by molar-refractivity contribution is -0.143. The number of nitrogens with one attached hydrogen (secondary N) is 2. The maximum absolute atomic E-state index is 14.6. The van der Waals surface area contributed by atoms with Crippen LogP contribution in [-0.4, -0.2) is 29.8 Å². The highest BCUT2D eigenvalue weighted by atomic mass is 19.4. The van der Waals surface area contributed by atoms with E-state index < -0.39 is 53.1 Å². The van der Waals surface area contributed by atoms with Crippen molar-refractivity contribution < 1.29 is 40.3 Å². The van der Waals surface area contributed by atoms with Crippen LogP contribution in [0.3, 0.4) is 0 Å². The van der Waals surface area contributed by atoms with Crippen LogP contribution in [0.2, 0.25) is 0 Å².